The maximum Gasteiger partial charge on any atom is 0.0515 e. The number of para-hydroxylation sites is 1. The van der Waals surface area contributed by atoms with E-state index in [0.29, 0.717) is 6.04 Å². The Hall–Kier alpha value is -1.80. The number of hydrogen-bond donors (Lipinski definition) is 1. The van der Waals surface area contributed by atoms with Gasteiger partial charge in [-0.25, -0.2) is 0 Å². The molecule has 2 aromatic rings. The maximum atomic E-state index is 3.70. The van der Waals surface area contributed by atoms with Crippen molar-refractivity contribution in [2.75, 3.05) is 11.4 Å². The molecule has 3 rings (SSSR count). The Labute approximate surface area is 134 Å². The molecule has 0 aromatic heterocycles. The SMILES string of the molecule is Cc1cccc2c1N(C(C)c1ccccc1)CC(C)(C)NC2. The van der Waals surface area contributed by atoms with Gasteiger partial charge in [-0.15, -0.1) is 0 Å². The van der Waals surface area contributed by atoms with Crippen LogP contribution < -0.4 is 10.2 Å². The van der Waals surface area contributed by atoms with Crippen LogP contribution in [0, 0.1) is 6.92 Å². The summed E-state index contributed by atoms with van der Waals surface area (Å²) in [5.74, 6) is 0. The summed E-state index contributed by atoms with van der Waals surface area (Å²) in [6, 6.07) is 17.8. The fourth-order valence-electron chi connectivity index (χ4n) is 3.41. The largest absolute Gasteiger partial charge is 0.362 e. The molecule has 0 aliphatic carbocycles. The Kier molecular flexibility index (Phi) is 3.96. The summed E-state index contributed by atoms with van der Waals surface area (Å²) in [5, 5.41) is 3.70. The quantitative estimate of drug-likeness (QED) is 0.880. The second kappa shape index (κ2) is 5.77. The number of rotatable bonds is 2. The zero-order valence-electron chi connectivity index (χ0n) is 14.1. The molecule has 22 heavy (non-hydrogen) atoms. The molecule has 1 atom stereocenters. The molecule has 0 bridgehead atoms. The summed E-state index contributed by atoms with van der Waals surface area (Å²) in [6.45, 7) is 11.1. The van der Waals surface area contributed by atoms with E-state index in [1.54, 1.807) is 0 Å². The molecule has 0 saturated heterocycles. The van der Waals surface area contributed by atoms with Crippen LogP contribution in [0.3, 0.4) is 0 Å². The number of fused-ring (bicyclic) bond motifs is 1. The van der Waals surface area contributed by atoms with Crippen LogP contribution in [-0.2, 0) is 6.54 Å². The molecule has 2 aromatic carbocycles. The number of benzene rings is 2. The predicted molar refractivity (Wildman–Crippen MR) is 94.3 cm³/mol. The van der Waals surface area contributed by atoms with Crippen molar-refractivity contribution in [2.45, 2.75) is 45.8 Å². The molecular weight excluding hydrogens is 268 g/mol. The molecule has 1 unspecified atom stereocenters. The van der Waals surface area contributed by atoms with Gasteiger partial charge in [0.05, 0.1) is 6.04 Å². The van der Waals surface area contributed by atoms with E-state index in [0.717, 1.165) is 13.1 Å². The van der Waals surface area contributed by atoms with E-state index in [1.165, 1.54) is 22.4 Å². The second-order valence-corrected chi connectivity index (χ2v) is 7.03. The maximum absolute atomic E-state index is 3.70. The molecule has 2 nitrogen and oxygen atoms in total. The third-order valence-corrected chi connectivity index (χ3v) is 4.68. The van der Waals surface area contributed by atoms with Crippen molar-refractivity contribution >= 4 is 5.69 Å². The van der Waals surface area contributed by atoms with E-state index in [4.69, 9.17) is 0 Å². The molecule has 116 valence electrons. The lowest BCUT2D eigenvalue weighted by Gasteiger charge is -2.37. The number of nitrogens with one attached hydrogen (secondary N) is 1. The minimum atomic E-state index is 0.0918. The fraction of sp³-hybridized carbons (Fsp3) is 0.400. The highest BCUT2D eigenvalue weighted by molar-refractivity contribution is 5.61. The van der Waals surface area contributed by atoms with E-state index in [1.807, 2.05) is 0 Å². The lowest BCUT2D eigenvalue weighted by molar-refractivity contribution is 0.387. The summed E-state index contributed by atoms with van der Waals surface area (Å²) >= 11 is 0. The topological polar surface area (TPSA) is 15.3 Å². The van der Waals surface area contributed by atoms with Crippen molar-refractivity contribution in [1.82, 2.24) is 5.32 Å². The highest BCUT2D eigenvalue weighted by atomic mass is 15.2. The van der Waals surface area contributed by atoms with Crippen LogP contribution in [0.4, 0.5) is 5.69 Å². The van der Waals surface area contributed by atoms with Crippen molar-refractivity contribution in [1.29, 1.82) is 0 Å². The second-order valence-electron chi connectivity index (χ2n) is 7.03. The number of hydrogen-bond acceptors (Lipinski definition) is 2. The smallest absolute Gasteiger partial charge is 0.0515 e. The van der Waals surface area contributed by atoms with Crippen LogP contribution in [0.1, 0.15) is 43.5 Å². The van der Waals surface area contributed by atoms with Crippen molar-refractivity contribution in [3.8, 4) is 0 Å². The molecule has 0 fully saturated rings. The van der Waals surface area contributed by atoms with Gasteiger partial charge in [0, 0.05) is 24.3 Å². The van der Waals surface area contributed by atoms with Gasteiger partial charge in [-0.05, 0) is 44.4 Å². The average Bonchev–Trinajstić information content (AvgIpc) is 2.65. The van der Waals surface area contributed by atoms with Gasteiger partial charge in [0.1, 0.15) is 0 Å². The molecule has 0 saturated carbocycles. The Bertz CT molecular complexity index is 646. The third-order valence-electron chi connectivity index (χ3n) is 4.68. The average molecular weight is 294 g/mol. The van der Waals surface area contributed by atoms with Gasteiger partial charge in [-0.3, -0.25) is 0 Å². The van der Waals surface area contributed by atoms with Crippen LogP contribution in [0.5, 0.6) is 0 Å². The zero-order chi connectivity index (χ0) is 15.7. The van der Waals surface area contributed by atoms with E-state index in [2.05, 4.69) is 86.4 Å². The van der Waals surface area contributed by atoms with Gasteiger partial charge in [-0.1, -0.05) is 48.5 Å². The normalized spacial score (nSPS) is 18.5. The molecular formula is C20H26N2. The van der Waals surface area contributed by atoms with Crippen molar-refractivity contribution in [3.63, 3.8) is 0 Å². The summed E-state index contributed by atoms with van der Waals surface area (Å²) in [6.07, 6.45) is 0. The van der Waals surface area contributed by atoms with Crippen LogP contribution in [0.15, 0.2) is 48.5 Å². The molecule has 0 amide bonds. The van der Waals surface area contributed by atoms with E-state index < -0.39 is 0 Å². The van der Waals surface area contributed by atoms with Gasteiger partial charge in [-0.2, -0.15) is 0 Å². The molecule has 1 aliphatic heterocycles. The lowest BCUT2D eigenvalue weighted by Crippen LogP contribution is -2.47. The Balaban J connectivity index is 2.07. The first-order valence-electron chi connectivity index (χ1n) is 8.13. The molecule has 0 spiro atoms. The first-order chi connectivity index (χ1) is 10.5. The van der Waals surface area contributed by atoms with Crippen LogP contribution in [0.2, 0.25) is 0 Å². The minimum Gasteiger partial charge on any atom is -0.362 e. The Morgan fingerprint density at radius 1 is 1.05 bits per heavy atom. The Morgan fingerprint density at radius 3 is 2.50 bits per heavy atom. The summed E-state index contributed by atoms with van der Waals surface area (Å²) in [4.78, 5) is 2.57. The number of aryl methyl sites for hydroxylation is 1. The first-order valence-corrected chi connectivity index (χ1v) is 8.13. The number of nitrogens with zero attached hydrogens (tertiary/aromatic N) is 1. The summed E-state index contributed by atoms with van der Waals surface area (Å²) < 4.78 is 0. The van der Waals surface area contributed by atoms with Gasteiger partial charge in [0.25, 0.3) is 0 Å². The molecule has 1 heterocycles. The molecule has 2 heteroatoms. The molecule has 0 radical (unpaired) electrons. The minimum absolute atomic E-state index is 0.0918. The summed E-state index contributed by atoms with van der Waals surface area (Å²) in [5.41, 5.74) is 5.62. The van der Waals surface area contributed by atoms with Gasteiger partial charge < -0.3 is 10.2 Å². The third kappa shape index (κ3) is 2.89. The van der Waals surface area contributed by atoms with Crippen LogP contribution >= 0.6 is 0 Å². The fourth-order valence-corrected chi connectivity index (χ4v) is 3.41. The van der Waals surface area contributed by atoms with Gasteiger partial charge in [0.15, 0.2) is 0 Å². The lowest BCUT2D eigenvalue weighted by atomic mass is 9.99. The van der Waals surface area contributed by atoms with Crippen LogP contribution in [-0.4, -0.2) is 12.1 Å². The molecule has 1 N–H and O–H groups in total. The standard InChI is InChI=1S/C20H26N2/c1-15-9-8-12-18-13-21-20(3,4)14-22(19(15)18)16(2)17-10-6-5-7-11-17/h5-12,16,21H,13-14H2,1-4H3. The van der Waals surface area contributed by atoms with E-state index in [9.17, 15) is 0 Å². The Morgan fingerprint density at radius 2 is 1.77 bits per heavy atom. The number of anilines is 1. The van der Waals surface area contributed by atoms with Gasteiger partial charge >= 0.3 is 0 Å². The van der Waals surface area contributed by atoms with Crippen molar-refractivity contribution in [2.24, 2.45) is 0 Å². The zero-order valence-corrected chi connectivity index (χ0v) is 14.1. The van der Waals surface area contributed by atoms with E-state index in [-0.39, 0.29) is 5.54 Å². The monoisotopic (exact) mass is 294 g/mol. The van der Waals surface area contributed by atoms with E-state index >= 15 is 0 Å². The molecule has 1 aliphatic rings. The highest BCUT2D eigenvalue weighted by Crippen LogP contribution is 2.35. The predicted octanol–water partition coefficient (Wildman–Crippen LogP) is 4.44. The summed E-state index contributed by atoms with van der Waals surface area (Å²) in [7, 11) is 0. The van der Waals surface area contributed by atoms with Crippen LogP contribution in [0.25, 0.3) is 0 Å². The highest BCUT2D eigenvalue weighted by Gasteiger charge is 2.30. The van der Waals surface area contributed by atoms with Crippen molar-refractivity contribution in [3.05, 3.63) is 65.2 Å². The van der Waals surface area contributed by atoms with Crippen molar-refractivity contribution < 1.29 is 0 Å². The van der Waals surface area contributed by atoms with Gasteiger partial charge in [0.2, 0.25) is 0 Å². The first kappa shape index (κ1) is 15.1.